The monoisotopic (exact) mass is 191 g/mol. The fourth-order valence-corrected chi connectivity index (χ4v) is 2.57. The van der Waals surface area contributed by atoms with E-state index in [-0.39, 0.29) is 5.41 Å². The highest BCUT2D eigenvalue weighted by Gasteiger charge is 2.18. The Morgan fingerprint density at radius 3 is 2.77 bits per heavy atom. The Balaban J connectivity index is 2.72. The first-order chi connectivity index (χ1) is 6.09. The number of hydrogen-bond acceptors (Lipinski definition) is 2. The van der Waals surface area contributed by atoms with Gasteiger partial charge in [0.15, 0.2) is 0 Å². The molecule has 0 aliphatic heterocycles. The van der Waals surface area contributed by atoms with Crippen molar-refractivity contribution in [2.24, 2.45) is 0 Å². The van der Waals surface area contributed by atoms with Crippen LogP contribution in [0.2, 0.25) is 0 Å². The van der Waals surface area contributed by atoms with Crippen LogP contribution in [-0.4, -0.2) is 4.98 Å². The smallest absolute Gasteiger partial charge is 0.0357 e. The van der Waals surface area contributed by atoms with Crippen LogP contribution in [0.15, 0.2) is 23.8 Å². The first-order valence-corrected chi connectivity index (χ1v) is 5.29. The molecular weight excluding hydrogens is 178 g/mol. The van der Waals surface area contributed by atoms with E-state index < -0.39 is 0 Å². The summed E-state index contributed by atoms with van der Waals surface area (Å²) >= 11 is 1.83. The van der Waals surface area contributed by atoms with Crippen LogP contribution < -0.4 is 0 Å². The van der Waals surface area contributed by atoms with Gasteiger partial charge in [-0.1, -0.05) is 20.8 Å². The third kappa shape index (κ3) is 1.46. The molecule has 0 saturated heterocycles. The molecule has 2 aromatic rings. The Morgan fingerprint density at radius 2 is 2.08 bits per heavy atom. The highest BCUT2D eigenvalue weighted by molar-refractivity contribution is 7.11. The van der Waals surface area contributed by atoms with Crippen LogP contribution in [0.5, 0.6) is 0 Å². The fourth-order valence-electron chi connectivity index (χ4n) is 1.46. The molecule has 0 amide bonds. The average molecular weight is 191 g/mol. The summed E-state index contributed by atoms with van der Waals surface area (Å²) < 4.78 is 0. The summed E-state index contributed by atoms with van der Waals surface area (Å²) in [5, 5.41) is 4.82. The maximum atomic E-state index is 4.17. The van der Waals surface area contributed by atoms with Gasteiger partial charge in [-0.05, 0) is 22.2 Å². The van der Waals surface area contributed by atoms with Gasteiger partial charge in [0.2, 0.25) is 0 Å². The van der Waals surface area contributed by atoms with E-state index in [1.54, 1.807) is 0 Å². The Labute approximate surface area is 82.4 Å². The van der Waals surface area contributed by atoms with E-state index in [0.717, 1.165) is 0 Å². The van der Waals surface area contributed by atoms with Gasteiger partial charge in [0, 0.05) is 22.7 Å². The van der Waals surface area contributed by atoms with Gasteiger partial charge in [0.1, 0.15) is 0 Å². The number of aromatic nitrogens is 1. The van der Waals surface area contributed by atoms with E-state index >= 15 is 0 Å². The van der Waals surface area contributed by atoms with Crippen LogP contribution in [0.25, 0.3) is 10.8 Å². The van der Waals surface area contributed by atoms with Crippen molar-refractivity contribution in [3.05, 3.63) is 28.7 Å². The molecule has 0 aliphatic rings. The van der Waals surface area contributed by atoms with Crippen molar-refractivity contribution in [2.75, 3.05) is 0 Å². The molecule has 0 unspecified atom stereocenters. The van der Waals surface area contributed by atoms with E-state index in [9.17, 15) is 0 Å². The van der Waals surface area contributed by atoms with Crippen LogP contribution in [0, 0.1) is 0 Å². The van der Waals surface area contributed by atoms with Crippen molar-refractivity contribution in [2.45, 2.75) is 26.2 Å². The molecule has 2 aromatic heterocycles. The maximum Gasteiger partial charge on any atom is 0.0357 e. The Hall–Kier alpha value is -0.890. The van der Waals surface area contributed by atoms with Crippen molar-refractivity contribution < 1.29 is 0 Å². The van der Waals surface area contributed by atoms with Crippen LogP contribution >= 0.6 is 11.3 Å². The highest BCUT2D eigenvalue weighted by atomic mass is 32.1. The topological polar surface area (TPSA) is 12.9 Å². The summed E-state index contributed by atoms with van der Waals surface area (Å²) in [4.78, 5) is 5.59. The Bertz CT molecular complexity index is 423. The second kappa shape index (κ2) is 2.81. The van der Waals surface area contributed by atoms with E-state index in [0.29, 0.717) is 0 Å². The van der Waals surface area contributed by atoms with Crippen molar-refractivity contribution >= 4 is 22.1 Å². The van der Waals surface area contributed by atoms with Gasteiger partial charge >= 0.3 is 0 Å². The van der Waals surface area contributed by atoms with Crippen molar-refractivity contribution in [3.8, 4) is 0 Å². The number of nitrogens with zero attached hydrogens (tertiary/aromatic N) is 1. The summed E-state index contributed by atoms with van der Waals surface area (Å²) in [6.07, 6.45) is 3.81. The lowest BCUT2D eigenvalue weighted by Gasteiger charge is -2.16. The number of thiophene rings is 1. The molecular formula is C11H13NS. The summed E-state index contributed by atoms with van der Waals surface area (Å²) in [6, 6.07) is 2.07. The van der Waals surface area contributed by atoms with Gasteiger partial charge in [0.05, 0.1) is 0 Å². The fraction of sp³-hybridized carbons (Fsp3) is 0.364. The molecule has 0 N–H and O–H groups in total. The van der Waals surface area contributed by atoms with E-state index in [1.807, 2.05) is 23.7 Å². The minimum atomic E-state index is 0.232. The van der Waals surface area contributed by atoms with Crippen molar-refractivity contribution in [1.82, 2.24) is 4.98 Å². The van der Waals surface area contributed by atoms with Crippen LogP contribution in [0.1, 0.15) is 25.6 Å². The van der Waals surface area contributed by atoms with Gasteiger partial charge in [0.25, 0.3) is 0 Å². The normalized spacial score (nSPS) is 12.2. The first kappa shape index (κ1) is 8.70. The van der Waals surface area contributed by atoms with Crippen LogP contribution in [-0.2, 0) is 5.41 Å². The zero-order valence-corrected chi connectivity index (χ0v) is 8.98. The van der Waals surface area contributed by atoms with Gasteiger partial charge in [-0.15, -0.1) is 11.3 Å². The Kier molecular flexibility index (Phi) is 1.88. The SMILES string of the molecule is CC(C)(C)c1scc2ccncc12. The molecule has 0 spiro atoms. The Morgan fingerprint density at radius 1 is 1.31 bits per heavy atom. The molecule has 1 nitrogen and oxygen atoms in total. The standard InChI is InChI=1S/C11H13NS/c1-11(2,3)10-9-6-12-5-4-8(9)7-13-10/h4-7H,1-3H3. The molecule has 0 aliphatic carbocycles. The number of fused-ring (bicyclic) bond motifs is 1. The predicted octanol–water partition coefficient (Wildman–Crippen LogP) is 3.59. The summed E-state index contributed by atoms with van der Waals surface area (Å²) in [6.45, 7) is 6.72. The molecule has 2 rings (SSSR count). The van der Waals surface area contributed by atoms with Gasteiger partial charge in [-0.25, -0.2) is 0 Å². The quantitative estimate of drug-likeness (QED) is 0.620. The largest absolute Gasteiger partial charge is 0.264 e. The first-order valence-electron chi connectivity index (χ1n) is 4.41. The number of pyridine rings is 1. The minimum absolute atomic E-state index is 0.232. The van der Waals surface area contributed by atoms with Crippen molar-refractivity contribution in [1.29, 1.82) is 0 Å². The number of rotatable bonds is 0. The zero-order chi connectivity index (χ0) is 9.47. The van der Waals surface area contributed by atoms with E-state index in [2.05, 4.69) is 37.2 Å². The van der Waals surface area contributed by atoms with Gasteiger partial charge in [-0.3, -0.25) is 4.98 Å². The maximum absolute atomic E-state index is 4.17. The second-order valence-corrected chi connectivity index (χ2v) is 5.16. The molecule has 0 saturated carbocycles. The van der Waals surface area contributed by atoms with E-state index in [4.69, 9.17) is 0 Å². The van der Waals surface area contributed by atoms with Crippen LogP contribution in [0.3, 0.4) is 0 Å². The molecule has 68 valence electrons. The lowest BCUT2D eigenvalue weighted by atomic mass is 9.92. The van der Waals surface area contributed by atoms with Gasteiger partial charge in [-0.2, -0.15) is 0 Å². The molecule has 0 fully saturated rings. The van der Waals surface area contributed by atoms with Gasteiger partial charge < -0.3 is 0 Å². The molecule has 0 radical (unpaired) electrons. The van der Waals surface area contributed by atoms with Crippen molar-refractivity contribution in [3.63, 3.8) is 0 Å². The summed E-state index contributed by atoms with van der Waals surface area (Å²) in [5.74, 6) is 0. The average Bonchev–Trinajstić information content (AvgIpc) is 2.45. The van der Waals surface area contributed by atoms with E-state index in [1.165, 1.54) is 15.6 Å². The predicted molar refractivity (Wildman–Crippen MR) is 58.3 cm³/mol. The number of hydrogen-bond donors (Lipinski definition) is 0. The molecule has 13 heavy (non-hydrogen) atoms. The zero-order valence-electron chi connectivity index (χ0n) is 8.16. The lowest BCUT2D eigenvalue weighted by Crippen LogP contribution is -2.08. The molecule has 0 bridgehead atoms. The molecule has 2 heteroatoms. The second-order valence-electron chi connectivity index (χ2n) is 4.28. The summed E-state index contributed by atoms with van der Waals surface area (Å²) in [5.41, 5.74) is 0.232. The molecule has 0 aromatic carbocycles. The highest BCUT2D eigenvalue weighted by Crippen LogP contribution is 2.34. The van der Waals surface area contributed by atoms with Crippen LogP contribution in [0.4, 0.5) is 0 Å². The molecule has 2 heterocycles. The molecule has 0 atom stereocenters. The summed E-state index contributed by atoms with van der Waals surface area (Å²) in [7, 11) is 0. The third-order valence-electron chi connectivity index (χ3n) is 2.08. The third-order valence-corrected chi connectivity index (χ3v) is 3.52. The minimum Gasteiger partial charge on any atom is -0.264 e. The lowest BCUT2D eigenvalue weighted by molar-refractivity contribution is 0.608.